The molecule has 0 amide bonds. The van der Waals surface area contributed by atoms with Gasteiger partial charge in [-0.05, 0) is 79.0 Å². The second-order valence-electron chi connectivity index (χ2n) is 10.6. The van der Waals surface area contributed by atoms with Gasteiger partial charge in [0.2, 0.25) is 0 Å². The Kier molecular flexibility index (Phi) is 8.49. The SMILES string of the molecule is CC(C)CC[C@@H](c1ccc(C(F)(F)F)cc1)N1CC(c2ccc(Cl)cc2Cl)C2=C1[C@H](CC(=O)O)CCC2. The van der Waals surface area contributed by atoms with E-state index in [1.54, 1.807) is 18.2 Å². The van der Waals surface area contributed by atoms with E-state index >= 15 is 0 Å². The number of carboxylic acid groups (broad SMARTS) is 1. The number of hydrogen-bond acceptors (Lipinski definition) is 2. The van der Waals surface area contributed by atoms with Crippen molar-refractivity contribution >= 4 is 29.2 Å². The van der Waals surface area contributed by atoms with Crippen molar-refractivity contribution in [2.45, 2.75) is 70.5 Å². The summed E-state index contributed by atoms with van der Waals surface area (Å²) < 4.78 is 39.8. The summed E-state index contributed by atoms with van der Waals surface area (Å²) in [4.78, 5) is 14.1. The molecule has 1 aliphatic carbocycles. The zero-order valence-electron chi connectivity index (χ0n) is 21.0. The molecule has 1 N–H and O–H groups in total. The van der Waals surface area contributed by atoms with Crippen LogP contribution in [0.4, 0.5) is 13.2 Å². The van der Waals surface area contributed by atoms with Gasteiger partial charge in [0.15, 0.2) is 0 Å². The van der Waals surface area contributed by atoms with Crippen molar-refractivity contribution in [2.75, 3.05) is 6.54 Å². The van der Waals surface area contributed by atoms with E-state index in [4.69, 9.17) is 23.2 Å². The molecule has 4 rings (SSSR count). The number of rotatable bonds is 8. The van der Waals surface area contributed by atoms with Gasteiger partial charge in [-0.3, -0.25) is 4.79 Å². The van der Waals surface area contributed by atoms with Gasteiger partial charge in [-0.2, -0.15) is 13.2 Å². The number of halogens is 5. The summed E-state index contributed by atoms with van der Waals surface area (Å²) in [7, 11) is 0. The molecule has 200 valence electrons. The van der Waals surface area contributed by atoms with Gasteiger partial charge in [0, 0.05) is 34.1 Å². The zero-order chi connectivity index (χ0) is 26.9. The highest BCUT2D eigenvalue weighted by molar-refractivity contribution is 6.35. The predicted molar refractivity (Wildman–Crippen MR) is 141 cm³/mol. The van der Waals surface area contributed by atoms with Crippen LogP contribution >= 0.6 is 23.2 Å². The summed E-state index contributed by atoms with van der Waals surface area (Å²) in [5, 5.41) is 10.8. The highest BCUT2D eigenvalue weighted by Crippen LogP contribution is 2.51. The van der Waals surface area contributed by atoms with E-state index in [2.05, 4.69) is 18.7 Å². The molecule has 3 nitrogen and oxygen atoms in total. The molecule has 0 bridgehead atoms. The first-order valence-electron chi connectivity index (χ1n) is 12.8. The highest BCUT2D eigenvalue weighted by Gasteiger charge is 2.42. The van der Waals surface area contributed by atoms with E-state index in [9.17, 15) is 23.1 Å². The van der Waals surface area contributed by atoms with Gasteiger partial charge in [-0.1, -0.05) is 55.2 Å². The number of hydrogen-bond donors (Lipinski definition) is 1. The van der Waals surface area contributed by atoms with Crippen LogP contribution in [0.2, 0.25) is 10.0 Å². The monoisotopic (exact) mass is 553 g/mol. The quantitative estimate of drug-likeness (QED) is 0.354. The number of aliphatic carboxylic acids is 1. The van der Waals surface area contributed by atoms with E-state index in [-0.39, 0.29) is 24.3 Å². The summed E-state index contributed by atoms with van der Waals surface area (Å²) in [6.45, 7) is 4.86. The first-order valence-corrected chi connectivity index (χ1v) is 13.5. The highest BCUT2D eigenvalue weighted by atomic mass is 35.5. The molecular formula is C29H32Cl2F3NO2. The minimum Gasteiger partial charge on any atom is -0.481 e. The maximum atomic E-state index is 13.3. The molecule has 1 unspecified atom stereocenters. The lowest BCUT2D eigenvalue weighted by Crippen LogP contribution is -2.32. The van der Waals surface area contributed by atoms with Gasteiger partial charge in [0.05, 0.1) is 18.0 Å². The molecule has 1 aliphatic heterocycles. The topological polar surface area (TPSA) is 40.5 Å². The third-order valence-electron chi connectivity index (χ3n) is 7.60. The van der Waals surface area contributed by atoms with Gasteiger partial charge >= 0.3 is 12.1 Å². The average Bonchev–Trinajstić information content (AvgIpc) is 3.19. The lowest BCUT2D eigenvalue weighted by Gasteiger charge is -2.38. The Balaban J connectivity index is 1.80. The van der Waals surface area contributed by atoms with E-state index in [1.165, 1.54) is 5.57 Å². The molecule has 0 saturated carbocycles. The Morgan fingerprint density at radius 2 is 1.81 bits per heavy atom. The van der Waals surface area contributed by atoms with Crippen molar-refractivity contribution in [1.29, 1.82) is 0 Å². The molecule has 3 atom stereocenters. The van der Waals surface area contributed by atoms with Crippen molar-refractivity contribution in [3.63, 3.8) is 0 Å². The Labute approximate surface area is 226 Å². The van der Waals surface area contributed by atoms with Crippen LogP contribution in [0, 0.1) is 11.8 Å². The smallest absolute Gasteiger partial charge is 0.416 e. The van der Waals surface area contributed by atoms with Gasteiger partial charge in [0.25, 0.3) is 0 Å². The first kappa shape index (κ1) is 27.8. The lowest BCUT2D eigenvalue weighted by molar-refractivity contribution is -0.138. The molecule has 0 radical (unpaired) electrons. The van der Waals surface area contributed by atoms with E-state index < -0.39 is 17.7 Å². The van der Waals surface area contributed by atoms with Crippen LogP contribution in [0.1, 0.15) is 81.0 Å². The lowest BCUT2D eigenvalue weighted by atomic mass is 9.80. The molecular weight excluding hydrogens is 522 g/mol. The normalized spacial score (nSPS) is 20.9. The van der Waals surface area contributed by atoms with Gasteiger partial charge < -0.3 is 10.0 Å². The van der Waals surface area contributed by atoms with Gasteiger partial charge in [0.1, 0.15) is 0 Å². The molecule has 2 aromatic rings. The minimum atomic E-state index is -4.40. The molecule has 0 spiro atoms. The third-order valence-corrected chi connectivity index (χ3v) is 8.16. The van der Waals surface area contributed by atoms with Crippen LogP contribution in [0.25, 0.3) is 0 Å². The number of carbonyl (C=O) groups is 1. The molecule has 0 aromatic heterocycles. The number of nitrogens with zero attached hydrogens (tertiary/aromatic N) is 1. The third kappa shape index (κ3) is 6.28. The summed E-state index contributed by atoms with van der Waals surface area (Å²) in [6.07, 6.45) is -0.227. The average molecular weight is 554 g/mol. The summed E-state index contributed by atoms with van der Waals surface area (Å²) >= 11 is 12.8. The molecule has 0 saturated heterocycles. The van der Waals surface area contributed by atoms with E-state index in [0.717, 1.165) is 61.1 Å². The van der Waals surface area contributed by atoms with Crippen molar-refractivity contribution < 1.29 is 23.1 Å². The summed E-state index contributed by atoms with van der Waals surface area (Å²) in [5.41, 5.74) is 3.32. The van der Waals surface area contributed by atoms with Crippen LogP contribution in [-0.2, 0) is 11.0 Å². The van der Waals surface area contributed by atoms with Crippen LogP contribution < -0.4 is 0 Å². The van der Waals surface area contributed by atoms with Gasteiger partial charge in [-0.25, -0.2) is 0 Å². The van der Waals surface area contributed by atoms with E-state index in [1.807, 2.05) is 12.1 Å². The fourth-order valence-corrected chi connectivity index (χ4v) is 6.45. The zero-order valence-corrected chi connectivity index (χ0v) is 22.5. The molecule has 8 heteroatoms. The fourth-order valence-electron chi connectivity index (χ4n) is 5.91. The molecule has 37 heavy (non-hydrogen) atoms. The molecule has 2 aliphatic rings. The minimum absolute atomic E-state index is 0.0210. The van der Waals surface area contributed by atoms with Crippen molar-refractivity contribution in [1.82, 2.24) is 4.90 Å². The Bertz CT molecular complexity index is 1160. The van der Waals surface area contributed by atoms with Crippen molar-refractivity contribution in [3.05, 3.63) is 80.5 Å². The second-order valence-corrected chi connectivity index (χ2v) is 11.4. The Morgan fingerprint density at radius 1 is 1.11 bits per heavy atom. The first-order chi connectivity index (χ1) is 17.5. The van der Waals surface area contributed by atoms with Gasteiger partial charge in [-0.15, -0.1) is 0 Å². The Morgan fingerprint density at radius 3 is 2.41 bits per heavy atom. The molecule has 0 fully saturated rings. The maximum Gasteiger partial charge on any atom is 0.416 e. The second kappa shape index (κ2) is 11.3. The summed E-state index contributed by atoms with van der Waals surface area (Å²) in [6, 6.07) is 10.8. The molecule has 1 heterocycles. The van der Waals surface area contributed by atoms with Crippen molar-refractivity contribution in [3.8, 4) is 0 Å². The maximum absolute atomic E-state index is 13.3. The number of carboxylic acids is 1. The predicted octanol–water partition coefficient (Wildman–Crippen LogP) is 9.12. The standard InChI is InChI=1S/C29H32Cl2F3NO2/c1-17(2)6-13-26(18-7-9-20(10-8-18)29(32,33)34)35-16-24(22-12-11-21(30)15-25(22)31)23-5-3-4-19(28(23)35)14-27(36)37/h7-12,15,17,19,24,26H,3-6,13-14,16H2,1-2H3,(H,36,37)/t19-,24?,26-/m0/s1. The van der Waals surface area contributed by atoms with Crippen LogP contribution in [0.15, 0.2) is 53.7 Å². The summed E-state index contributed by atoms with van der Waals surface area (Å²) in [5.74, 6) is -0.601. The largest absolute Gasteiger partial charge is 0.481 e. The van der Waals surface area contributed by atoms with E-state index in [0.29, 0.717) is 22.5 Å². The number of benzene rings is 2. The number of allylic oxidation sites excluding steroid dienone is 1. The molecule has 2 aromatic carbocycles. The van der Waals surface area contributed by atoms with Crippen LogP contribution in [0.5, 0.6) is 0 Å². The van der Waals surface area contributed by atoms with Crippen molar-refractivity contribution in [2.24, 2.45) is 11.8 Å². The fraction of sp³-hybridized carbons (Fsp3) is 0.483. The Hall–Kier alpha value is -2.18. The van der Waals surface area contributed by atoms with Crippen LogP contribution in [-0.4, -0.2) is 22.5 Å². The van der Waals surface area contributed by atoms with Crippen LogP contribution in [0.3, 0.4) is 0 Å². The number of alkyl halides is 3.